The second kappa shape index (κ2) is 12.1. The van der Waals surface area contributed by atoms with Crippen molar-refractivity contribution < 1.29 is 50.4 Å². The van der Waals surface area contributed by atoms with Gasteiger partial charge in [-0.1, -0.05) is 48.5 Å². The van der Waals surface area contributed by atoms with Crippen molar-refractivity contribution in [2.75, 3.05) is 26.3 Å². The molecule has 0 aromatic heterocycles. The Hall–Kier alpha value is -3.32. The molecule has 12 heteroatoms. The van der Waals surface area contributed by atoms with Crippen LogP contribution in [0.4, 0.5) is 26.3 Å². The highest BCUT2D eigenvalue weighted by molar-refractivity contribution is 5.42. The van der Waals surface area contributed by atoms with Crippen LogP contribution in [0.1, 0.15) is 41.4 Å². The minimum absolute atomic E-state index is 0.298. The maximum absolute atomic E-state index is 12.7. The Kier molecular flexibility index (Phi) is 8.70. The minimum atomic E-state index is -4.88. The average molecular weight is 598 g/mol. The molecule has 0 bridgehead atoms. The first-order valence-electron chi connectivity index (χ1n) is 13.4. The maximum Gasteiger partial charge on any atom is 0.573 e. The Morgan fingerprint density at radius 1 is 0.690 bits per heavy atom. The molecule has 2 aliphatic rings. The lowest BCUT2D eigenvalue weighted by molar-refractivity contribution is -0.275. The van der Waals surface area contributed by atoms with E-state index in [0.29, 0.717) is 56.8 Å². The molecule has 0 radical (unpaired) electrons. The van der Waals surface area contributed by atoms with Gasteiger partial charge in [0.2, 0.25) is 0 Å². The van der Waals surface area contributed by atoms with E-state index < -0.39 is 29.8 Å². The number of benzene rings is 3. The third kappa shape index (κ3) is 7.35. The quantitative estimate of drug-likeness (QED) is 0.293. The van der Waals surface area contributed by atoms with E-state index in [9.17, 15) is 31.4 Å². The molecule has 0 saturated carbocycles. The van der Waals surface area contributed by atoms with Crippen molar-refractivity contribution in [2.24, 2.45) is 5.92 Å². The molecule has 42 heavy (non-hydrogen) atoms. The third-order valence-corrected chi connectivity index (χ3v) is 7.51. The van der Waals surface area contributed by atoms with Crippen LogP contribution in [0, 0.1) is 5.92 Å². The fourth-order valence-electron chi connectivity index (χ4n) is 5.56. The Morgan fingerprint density at radius 2 is 1.14 bits per heavy atom. The predicted molar refractivity (Wildman–Crippen MR) is 138 cm³/mol. The van der Waals surface area contributed by atoms with E-state index in [2.05, 4.69) is 14.4 Å². The van der Waals surface area contributed by atoms with Gasteiger partial charge >= 0.3 is 12.7 Å². The number of alkyl halides is 6. The summed E-state index contributed by atoms with van der Waals surface area (Å²) in [7, 11) is 0. The molecule has 2 fully saturated rings. The van der Waals surface area contributed by atoms with E-state index >= 15 is 0 Å². The fraction of sp³-hybridized carbons (Fsp3) is 0.400. The summed E-state index contributed by atoms with van der Waals surface area (Å²) < 4.78 is 95.1. The number of piperidine rings is 1. The van der Waals surface area contributed by atoms with Gasteiger partial charge < -0.3 is 24.1 Å². The Labute approximate surface area is 238 Å². The van der Waals surface area contributed by atoms with Crippen LogP contribution in [0.15, 0.2) is 72.8 Å². The van der Waals surface area contributed by atoms with Gasteiger partial charge in [-0.05, 0) is 72.8 Å². The Balaban J connectivity index is 1.32. The zero-order valence-corrected chi connectivity index (χ0v) is 22.3. The highest BCUT2D eigenvalue weighted by atomic mass is 19.4. The van der Waals surface area contributed by atoms with Crippen LogP contribution < -0.4 is 9.47 Å². The van der Waals surface area contributed by atoms with Gasteiger partial charge in [0.05, 0.1) is 13.2 Å². The maximum atomic E-state index is 12.7. The summed E-state index contributed by atoms with van der Waals surface area (Å²) in [5.41, 5.74) is 0.936. The summed E-state index contributed by atoms with van der Waals surface area (Å²) in [5.74, 6) is -1.28. The molecule has 0 amide bonds. The van der Waals surface area contributed by atoms with Crippen LogP contribution in [-0.2, 0) is 21.6 Å². The smallest absolute Gasteiger partial charge is 0.406 e. The number of rotatable bonds is 8. The average Bonchev–Trinajstić information content (AvgIpc) is 3.48. The SMILES string of the molecule is OC(c1ccc(OC(F)(F)F)cc1)(c1ccc(OC(F)(F)F)cc1)C1CCN(Cc2ccc(C3OCCO3)cc2)CC1. The van der Waals surface area contributed by atoms with Crippen molar-refractivity contribution in [3.05, 3.63) is 95.1 Å². The summed E-state index contributed by atoms with van der Waals surface area (Å²) in [6.45, 7) is 3.03. The summed E-state index contributed by atoms with van der Waals surface area (Å²) in [6, 6.07) is 17.7. The van der Waals surface area contributed by atoms with Gasteiger partial charge in [-0.15, -0.1) is 26.3 Å². The van der Waals surface area contributed by atoms with Gasteiger partial charge in [-0.25, -0.2) is 0 Å². The zero-order valence-electron chi connectivity index (χ0n) is 22.3. The Morgan fingerprint density at radius 3 is 1.57 bits per heavy atom. The molecule has 0 atom stereocenters. The van der Waals surface area contributed by atoms with E-state index in [0.717, 1.165) is 35.4 Å². The van der Waals surface area contributed by atoms with Crippen LogP contribution in [0.5, 0.6) is 11.5 Å². The van der Waals surface area contributed by atoms with Crippen LogP contribution in [0.3, 0.4) is 0 Å². The number of halogens is 6. The molecular formula is C30H29F6NO5. The van der Waals surface area contributed by atoms with Crippen molar-refractivity contribution in [3.63, 3.8) is 0 Å². The fourth-order valence-corrected chi connectivity index (χ4v) is 5.56. The second-order valence-electron chi connectivity index (χ2n) is 10.3. The minimum Gasteiger partial charge on any atom is -0.406 e. The monoisotopic (exact) mass is 597 g/mol. The molecule has 3 aromatic rings. The molecule has 2 aliphatic heterocycles. The molecular weight excluding hydrogens is 568 g/mol. The van der Waals surface area contributed by atoms with Crippen molar-refractivity contribution in [1.82, 2.24) is 4.90 Å². The molecule has 6 nitrogen and oxygen atoms in total. The highest BCUT2D eigenvalue weighted by Crippen LogP contribution is 2.43. The van der Waals surface area contributed by atoms with Gasteiger partial charge in [0.25, 0.3) is 0 Å². The first-order valence-corrected chi connectivity index (χ1v) is 13.4. The number of aliphatic hydroxyl groups is 1. The summed E-state index contributed by atoms with van der Waals surface area (Å²) in [5, 5.41) is 12.2. The highest BCUT2D eigenvalue weighted by Gasteiger charge is 2.42. The normalized spacial score (nSPS) is 17.9. The first kappa shape index (κ1) is 30.1. The molecule has 3 aromatic carbocycles. The second-order valence-corrected chi connectivity index (χ2v) is 10.3. The van der Waals surface area contributed by atoms with Gasteiger partial charge in [0.15, 0.2) is 6.29 Å². The molecule has 226 valence electrons. The first-order chi connectivity index (χ1) is 19.9. The van der Waals surface area contributed by atoms with Crippen LogP contribution in [0.25, 0.3) is 0 Å². The van der Waals surface area contributed by atoms with Gasteiger partial charge in [0.1, 0.15) is 17.1 Å². The molecule has 1 N–H and O–H groups in total. The number of hydrogen-bond acceptors (Lipinski definition) is 6. The van der Waals surface area contributed by atoms with Crippen molar-refractivity contribution in [1.29, 1.82) is 0 Å². The van der Waals surface area contributed by atoms with Crippen molar-refractivity contribution in [2.45, 2.75) is 44.0 Å². The van der Waals surface area contributed by atoms with Gasteiger partial charge in [-0.3, -0.25) is 4.90 Å². The Bertz CT molecular complexity index is 1240. The van der Waals surface area contributed by atoms with E-state index in [1.165, 1.54) is 24.3 Å². The summed E-state index contributed by atoms with van der Waals surface area (Å²) in [4.78, 5) is 2.23. The van der Waals surface area contributed by atoms with E-state index in [1.807, 2.05) is 24.3 Å². The molecule has 0 unspecified atom stereocenters. The lowest BCUT2D eigenvalue weighted by atomic mass is 9.72. The zero-order chi connectivity index (χ0) is 30.0. The molecule has 2 saturated heterocycles. The number of nitrogens with zero attached hydrogens (tertiary/aromatic N) is 1. The van der Waals surface area contributed by atoms with Crippen LogP contribution in [0.2, 0.25) is 0 Å². The van der Waals surface area contributed by atoms with E-state index in [1.54, 1.807) is 0 Å². The molecule has 5 rings (SSSR count). The van der Waals surface area contributed by atoms with Gasteiger partial charge in [-0.2, -0.15) is 0 Å². The van der Waals surface area contributed by atoms with Crippen LogP contribution >= 0.6 is 0 Å². The summed E-state index contributed by atoms with van der Waals surface area (Å²) in [6.07, 6.45) is -9.05. The standard InChI is InChI=1S/C30H29F6NO5/c31-29(32,33)41-25-9-5-22(6-10-25)28(38,23-7-11-26(12-8-23)42-30(34,35)36)24-13-15-37(16-14-24)19-20-1-3-21(4-2-20)27-39-17-18-40-27/h1-12,24,27,38H,13-19H2. The number of ether oxygens (including phenoxy) is 4. The molecule has 0 spiro atoms. The van der Waals surface area contributed by atoms with E-state index in [4.69, 9.17) is 9.47 Å². The lowest BCUT2D eigenvalue weighted by Gasteiger charge is -2.42. The third-order valence-electron chi connectivity index (χ3n) is 7.51. The van der Waals surface area contributed by atoms with Crippen molar-refractivity contribution in [3.8, 4) is 11.5 Å². The molecule has 0 aliphatic carbocycles. The molecule has 2 heterocycles. The predicted octanol–water partition coefficient (Wildman–Crippen LogP) is 6.68. The van der Waals surface area contributed by atoms with Gasteiger partial charge in [0, 0.05) is 12.1 Å². The lowest BCUT2D eigenvalue weighted by Crippen LogP contribution is -2.44. The van der Waals surface area contributed by atoms with Crippen LogP contribution in [-0.4, -0.2) is 49.0 Å². The number of hydrogen-bond donors (Lipinski definition) is 1. The van der Waals surface area contributed by atoms with Crippen molar-refractivity contribution >= 4 is 0 Å². The largest absolute Gasteiger partial charge is 0.573 e. The number of likely N-dealkylation sites (tertiary alicyclic amines) is 1. The topological polar surface area (TPSA) is 60.4 Å². The van der Waals surface area contributed by atoms with E-state index in [-0.39, 0.29) is 12.2 Å². The summed E-state index contributed by atoms with van der Waals surface area (Å²) >= 11 is 0.